The van der Waals surface area contributed by atoms with E-state index in [0.717, 1.165) is 12.1 Å². The van der Waals surface area contributed by atoms with Crippen molar-refractivity contribution in [3.05, 3.63) is 62.7 Å². The maximum atomic E-state index is 13.6. The molecule has 0 unspecified atom stereocenters. The SMILES string of the molecule is COc1cc(O)c2c(c1)C(=O)c1c(O)c3c(c(O)c1C2=O)[C@H](O)[C@@H](O)c1cc(C)c(C(=O)N[C@H](C)C(=O)O)c(O)c1-3. The van der Waals surface area contributed by atoms with E-state index in [1.807, 2.05) is 0 Å². The largest absolute Gasteiger partial charge is 0.507 e. The number of carboxylic acids is 1. The maximum absolute atomic E-state index is 13.6. The molecule has 13 heteroatoms. The molecule has 0 aliphatic heterocycles. The minimum absolute atomic E-state index is 0.00998. The van der Waals surface area contributed by atoms with Gasteiger partial charge in [0.2, 0.25) is 5.78 Å². The number of carboxylic acid groups (broad SMARTS) is 1. The average molecular weight is 565 g/mol. The van der Waals surface area contributed by atoms with Gasteiger partial charge in [-0.05, 0) is 31.0 Å². The van der Waals surface area contributed by atoms with Crippen molar-refractivity contribution in [2.24, 2.45) is 0 Å². The second-order valence-electron chi connectivity index (χ2n) is 9.77. The molecule has 3 aromatic rings. The number of fused-ring (bicyclic) bond motifs is 5. The Kier molecular flexibility index (Phi) is 6.16. The number of aliphatic hydroxyl groups is 2. The van der Waals surface area contributed by atoms with Crippen LogP contribution in [0.3, 0.4) is 0 Å². The van der Waals surface area contributed by atoms with Gasteiger partial charge in [-0.25, -0.2) is 0 Å². The lowest BCUT2D eigenvalue weighted by molar-refractivity contribution is -0.138. The van der Waals surface area contributed by atoms with Crippen LogP contribution in [0.25, 0.3) is 11.1 Å². The molecule has 3 aromatic carbocycles. The summed E-state index contributed by atoms with van der Waals surface area (Å²) in [4.78, 5) is 51.3. The van der Waals surface area contributed by atoms with Gasteiger partial charge in [-0.15, -0.1) is 0 Å². The summed E-state index contributed by atoms with van der Waals surface area (Å²) in [5.74, 6) is -7.94. The molecule has 0 spiro atoms. The second kappa shape index (κ2) is 9.21. The molecule has 0 bridgehead atoms. The molecule has 41 heavy (non-hydrogen) atoms. The van der Waals surface area contributed by atoms with E-state index >= 15 is 0 Å². The fourth-order valence-corrected chi connectivity index (χ4v) is 5.39. The molecule has 2 aliphatic rings. The Morgan fingerprint density at radius 1 is 0.854 bits per heavy atom. The predicted molar refractivity (Wildman–Crippen MR) is 138 cm³/mol. The molecular formula is C28H23NO12. The standard InChI is InChI=1S/C28H23NO12/c1-7-4-10-15(22(33)13(7)27(38)29-8(2)28(39)40)16-17(26(37)21(10)32)25(36)19-18(24(16)35)20(31)11-5-9(41-3)6-12(30)14(11)23(19)34/h4-6,8,21,26,30,32-33,35-37H,1-3H3,(H,29,38)(H,39,40)/t8-,21+,26+/m1/s1. The number of amides is 1. The number of ether oxygens (including phenoxy) is 1. The van der Waals surface area contributed by atoms with Crippen molar-refractivity contribution in [3.63, 3.8) is 0 Å². The van der Waals surface area contributed by atoms with Crippen LogP contribution in [0.4, 0.5) is 0 Å². The van der Waals surface area contributed by atoms with E-state index in [1.165, 1.54) is 27.0 Å². The number of carbonyl (C=O) groups excluding carboxylic acids is 3. The minimum Gasteiger partial charge on any atom is -0.507 e. The Morgan fingerprint density at radius 3 is 2.10 bits per heavy atom. The number of rotatable bonds is 4. The van der Waals surface area contributed by atoms with Crippen molar-refractivity contribution in [2.75, 3.05) is 7.11 Å². The Labute approximate surface area is 230 Å². The highest BCUT2D eigenvalue weighted by atomic mass is 16.5. The number of aromatic hydroxyl groups is 4. The highest BCUT2D eigenvalue weighted by Crippen LogP contribution is 2.58. The summed E-state index contributed by atoms with van der Waals surface area (Å²) in [6.07, 6.45) is -3.83. The van der Waals surface area contributed by atoms with Crippen LogP contribution in [-0.4, -0.2) is 72.3 Å². The highest BCUT2D eigenvalue weighted by Gasteiger charge is 2.45. The Morgan fingerprint density at radius 2 is 1.49 bits per heavy atom. The summed E-state index contributed by atoms with van der Waals surface area (Å²) in [5.41, 5.74) is -4.48. The first kappa shape index (κ1) is 27.4. The Hall–Kier alpha value is -5.14. The van der Waals surface area contributed by atoms with Gasteiger partial charge in [0.1, 0.15) is 47.0 Å². The monoisotopic (exact) mass is 565 g/mol. The van der Waals surface area contributed by atoms with Gasteiger partial charge in [-0.2, -0.15) is 0 Å². The molecular weight excluding hydrogens is 542 g/mol. The smallest absolute Gasteiger partial charge is 0.325 e. The van der Waals surface area contributed by atoms with E-state index in [4.69, 9.17) is 9.84 Å². The first-order valence-electron chi connectivity index (χ1n) is 12.1. The van der Waals surface area contributed by atoms with Crippen molar-refractivity contribution in [1.29, 1.82) is 0 Å². The van der Waals surface area contributed by atoms with Crippen molar-refractivity contribution < 1.29 is 59.7 Å². The van der Waals surface area contributed by atoms with Crippen LogP contribution < -0.4 is 10.1 Å². The van der Waals surface area contributed by atoms with Gasteiger partial charge in [0, 0.05) is 28.3 Å². The molecule has 0 radical (unpaired) electrons. The summed E-state index contributed by atoms with van der Waals surface area (Å²) >= 11 is 0. The molecule has 0 saturated carbocycles. The molecule has 8 N–H and O–H groups in total. The second-order valence-corrected chi connectivity index (χ2v) is 9.77. The van der Waals surface area contributed by atoms with Crippen LogP contribution in [0, 0.1) is 6.92 Å². The lowest BCUT2D eigenvalue weighted by atomic mass is 9.73. The number of hydrogen-bond acceptors (Lipinski definition) is 11. The van der Waals surface area contributed by atoms with Crippen LogP contribution in [0.5, 0.6) is 28.7 Å². The Balaban J connectivity index is 1.84. The minimum atomic E-state index is -1.98. The number of aliphatic carboxylic acids is 1. The van der Waals surface area contributed by atoms with Crippen LogP contribution in [0.2, 0.25) is 0 Å². The zero-order valence-electron chi connectivity index (χ0n) is 21.6. The third-order valence-electron chi connectivity index (χ3n) is 7.37. The molecule has 212 valence electrons. The molecule has 0 saturated heterocycles. The normalized spacial score (nSPS) is 17.6. The summed E-state index contributed by atoms with van der Waals surface area (Å²) in [5, 5.41) is 77.7. The van der Waals surface area contributed by atoms with Gasteiger partial charge >= 0.3 is 5.97 Å². The summed E-state index contributed by atoms with van der Waals surface area (Å²) in [6, 6.07) is 2.07. The number of carbonyl (C=O) groups is 4. The van der Waals surface area contributed by atoms with Gasteiger partial charge in [0.25, 0.3) is 5.91 Å². The molecule has 3 atom stereocenters. The number of ketones is 2. The molecule has 0 heterocycles. The quantitative estimate of drug-likeness (QED) is 0.165. The molecule has 13 nitrogen and oxygen atoms in total. The van der Waals surface area contributed by atoms with Crippen LogP contribution in [-0.2, 0) is 4.79 Å². The number of nitrogens with one attached hydrogen (secondary N) is 1. The molecule has 1 amide bonds. The predicted octanol–water partition coefficient (Wildman–Crippen LogP) is 1.55. The summed E-state index contributed by atoms with van der Waals surface area (Å²) < 4.78 is 5.05. The van der Waals surface area contributed by atoms with Crippen molar-refractivity contribution >= 4 is 23.4 Å². The number of aryl methyl sites for hydroxylation is 1. The van der Waals surface area contributed by atoms with E-state index in [1.54, 1.807) is 0 Å². The third-order valence-corrected chi connectivity index (χ3v) is 7.37. The van der Waals surface area contributed by atoms with E-state index in [-0.39, 0.29) is 22.4 Å². The number of phenols is 4. The fourth-order valence-electron chi connectivity index (χ4n) is 5.39. The summed E-state index contributed by atoms with van der Waals surface area (Å²) in [6.45, 7) is 2.56. The van der Waals surface area contributed by atoms with Crippen LogP contribution in [0.1, 0.15) is 78.0 Å². The van der Waals surface area contributed by atoms with Crippen molar-refractivity contribution in [2.45, 2.75) is 32.1 Å². The number of hydrogen-bond donors (Lipinski definition) is 8. The lowest BCUT2D eigenvalue weighted by Crippen LogP contribution is -2.38. The highest BCUT2D eigenvalue weighted by molar-refractivity contribution is 6.32. The lowest BCUT2D eigenvalue weighted by Gasteiger charge is -2.34. The van der Waals surface area contributed by atoms with E-state index < -0.39 is 104 Å². The molecule has 0 fully saturated rings. The average Bonchev–Trinajstić information content (AvgIpc) is 2.90. The first-order valence-corrected chi connectivity index (χ1v) is 12.1. The fraction of sp³-hybridized carbons (Fsp3) is 0.214. The maximum Gasteiger partial charge on any atom is 0.325 e. The van der Waals surface area contributed by atoms with E-state index in [9.17, 15) is 49.8 Å². The molecule has 0 aromatic heterocycles. The van der Waals surface area contributed by atoms with Crippen LogP contribution in [0.15, 0.2) is 18.2 Å². The zero-order chi connectivity index (χ0) is 30.2. The number of benzene rings is 3. The number of phenolic OH excluding ortho intramolecular Hbond substituents is 4. The van der Waals surface area contributed by atoms with E-state index in [0.29, 0.717) is 0 Å². The third kappa shape index (κ3) is 3.70. The van der Waals surface area contributed by atoms with Gasteiger partial charge in [0.15, 0.2) is 5.78 Å². The van der Waals surface area contributed by atoms with E-state index in [2.05, 4.69) is 5.32 Å². The number of methoxy groups -OCH3 is 1. The summed E-state index contributed by atoms with van der Waals surface area (Å²) in [7, 11) is 1.25. The van der Waals surface area contributed by atoms with Gasteiger partial charge in [-0.1, -0.05) is 6.07 Å². The topological polar surface area (TPSA) is 231 Å². The van der Waals surface area contributed by atoms with Crippen molar-refractivity contribution in [1.82, 2.24) is 5.32 Å². The molecule has 2 aliphatic carbocycles. The number of aliphatic hydroxyl groups excluding tert-OH is 2. The van der Waals surface area contributed by atoms with Gasteiger partial charge in [0.05, 0.1) is 29.4 Å². The first-order chi connectivity index (χ1) is 19.2. The van der Waals surface area contributed by atoms with Crippen molar-refractivity contribution in [3.8, 4) is 39.9 Å². The van der Waals surface area contributed by atoms with Gasteiger partial charge < -0.3 is 45.8 Å². The van der Waals surface area contributed by atoms with Gasteiger partial charge in [-0.3, -0.25) is 19.2 Å². The zero-order valence-corrected chi connectivity index (χ0v) is 21.6. The Bertz CT molecular complexity index is 1740. The molecule has 5 rings (SSSR count). The van der Waals surface area contributed by atoms with Crippen LogP contribution >= 0.6 is 0 Å².